The lowest BCUT2D eigenvalue weighted by Gasteiger charge is -2.37. The van der Waals surface area contributed by atoms with Crippen molar-refractivity contribution in [1.29, 1.82) is 0 Å². The third-order valence-corrected chi connectivity index (χ3v) is 4.42. The summed E-state index contributed by atoms with van der Waals surface area (Å²) in [4.78, 5) is 17.0. The van der Waals surface area contributed by atoms with E-state index in [-0.39, 0.29) is 5.91 Å². The van der Waals surface area contributed by atoms with Gasteiger partial charge in [0.1, 0.15) is 5.75 Å². The molecule has 1 amide bonds. The molecule has 1 aliphatic heterocycles. The van der Waals surface area contributed by atoms with Crippen molar-refractivity contribution in [3.63, 3.8) is 0 Å². The highest BCUT2D eigenvalue weighted by Crippen LogP contribution is 2.36. The quantitative estimate of drug-likeness (QED) is 0.871. The molecule has 1 unspecified atom stereocenters. The molecule has 0 saturated carbocycles. The molecule has 0 radical (unpaired) electrons. The summed E-state index contributed by atoms with van der Waals surface area (Å²) in [6, 6.07) is 15.8. The van der Waals surface area contributed by atoms with Crippen molar-refractivity contribution >= 4 is 11.6 Å². The fourth-order valence-corrected chi connectivity index (χ4v) is 3.18. The highest BCUT2D eigenvalue weighted by molar-refractivity contribution is 6.06. The maximum atomic E-state index is 12.9. The third kappa shape index (κ3) is 2.94. The molecule has 0 spiro atoms. The van der Waals surface area contributed by atoms with Crippen LogP contribution in [-0.2, 0) is 0 Å². The Morgan fingerprint density at radius 1 is 1.13 bits per heavy atom. The lowest BCUT2D eigenvalue weighted by molar-refractivity contribution is 0.0980. The van der Waals surface area contributed by atoms with Crippen molar-refractivity contribution < 1.29 is 9.53 Å². The summed E-state index contributed by atoms with van der Waals surface area (Å²) >= 11 is 0. The van der Waals surface area contributed by atoms with Gasteiger partial charge in [-0.3, -0.25) is 4.79 Å². The number of carbonyl (C=O) groups excluding carboxylic acids is 1. The Balaban J connectivity index is 1.93. The fourth-order valence-electron chi connectivity index (χ4n) is 3.18. The second-order valence-electron chi connectivity index (χ2n) is 6.01. The van der Waals surface area contributed by atoms with Crippen LogP contribution >= 0.6 is 0 Å². The smallest absolute Gasteiger partial charge is 0.258 e. The van der Waals surface area contributed by atoms with Gasteiger partial charge >= 0.3 is 0 Å². The van der Waals surface area contributed by atoms with Gasteiger partial charge in [-0.1, -0.05) is 18.2 Å². The number of para-hydroxylation sites is 1. The molecule has 0 bridgehead atoms. The average molecular weight is 310 g/mol. The van der Waals surface area contributed by atoms with Gasteiger partial charge in [0.05, 0.1) is 7.11 Å². The van der Waals surface area contributed by atoms with E-state index in [0.717, 1.165) is 24.4 Å². The highest BCUT2D eigenvalue weighted by atomic mass is 16.5. The zero-order valence-electron chi connectivity index (χ0n) is 13.8. The minimum atomic E-state index is 0.0392. The summed E-state index contributed by atoms with van der Waals surface area (Å²) in [7, 11) is 5.80. The number of amides is 1. The van der Waals surface area contributed by atoms with Crippen LogP contribution in [-0.4, -0.2) is 38.6 Å². The van der Waals surface area contributed by atoms with Crippen molar-refractivity contribution in [1.82, 2.24) is 4.90 Å². The van der Waals surface area contributed by atoms with Crippen molar-refractivity contribution in [3.05, 3.63) is 59.7 Å². The Kier molecular flexibility index (Phi) is 4.35. The number of rotatable bonds is 3. The van der Waals surface area contributed by atoms with Crippen molar-refractivity contribution in [2.24, 2.45) is 0 Å². The first-order valence-corrected chi connectivity index (χ1v) is 7.83. The standard InChI is InChI=1S/C19H22N2O2/c1-20(2)17-12-13-21(18-7-5-4-6-16(17)18)19(22)14-8-10-15(23-3)11-9-14/h4-11,17H,12-13H2,1-3H3. The topological polar surface area (TPSA) is 32.8 Å². The molecule has 2 aromatic rings. The second kappa shape index (κ2) is 6.42. The molecule has 4 heteroatoms. The van der Waals surface area contributed by atoms with Gasteiger partial charge in [0.15, 0.2) is 0 Å². The van der Waals surface area contributed by atoms with E-state index in [4.69, 9.17) is 4.74 Å². The molecule has 120 valence electrons. The SMILES string of the molecule is COc1ccc(C(=O)N2CCC(N(C)C)c3ccccc32)cc1. The second-order valence-corrected chi connectivity index (χ2v) is 6.01. The predicted octanol–water partition coefficient (Wildman–Crippen LogP) is 3.35. The number of methoxy groups -OCH3 is 1. The summed E-state index contributed by atoms with van der Waals surface area (Å²) in [5.74, 6) is 0.797. The van der Waals surface area contributed by atoms with Gasteiger partial charge in [-0.05, 0) is 56.4 Å². The minimum absolute atomic E-state index is 0.0392. The normalized spacial score (nSPS) is 17.0. The van der Waals surface area contributed by atoms with Gasteiger partial charge in [-0.15, -0.1) is 0 Å². The maximum absolute atomic E-state index is 12.9. The lowest BCUT2D eigenvalue weighted by Crippen LogP contribution is -2.39. The Labute approximate surface area is 137 Å². The molecule has 3 rings (SSSR count). The Morgan fingerprint density at radius 3 is 2.48 bits per heavy atom. The Bertz CT molecular complexity index is 695. The number of nitrogens with zero attached hydrogens (tertiary/aromatic N) is 2. The highest BCUT2D eigenvalue weighted by Gasteiger charge is 2.29. The number of ether oxygens (including phenoxy) is 1. The summed E-state index contributed by atoms with van der Waals surface area (Å²) in [5, 5.41) is 0. The van der Waals surface area contributed by atoms with E-state index in [0.29, 0.717) is 11.6 Å². The first kappa shape index (κ1) is 15.6. The largest absolute Gasteiger partial charge is 0.497 e. The molecule has 0 aliphatic carbocycles. The van der Waals surface area contributed by atoms with Crippen molar-refractivity contribution in [2.45, 2.75) is 12.5 Å². The monoisotopic (exact) mass is 310 g/mol. The number of benzene rings is 2. The van der Waals surface area contributed by atoms with Crippen LogP contribution in [0.2, 0.25) is 0 Å². The van der Waals surface area contributed by atoms with E-state index in [9.17, 15) is 4.79 Å². The molecular formula is C19H22N2O2. The average Bonchev–Trinajstić information content (AvgIpc) is 2.60. The molecule has 23 heavy (non-hydrogen) atoms. The van der Waals surface area contributed by atoms with Crippen LogP contribution in [0.1, 0.15) is 28.4 Å². The summed E-state index contributed by atoms with van der Waals surface area (Å²) in [6.07, 6.45) is 0.936. The van der Waals surface area contributed by atoms with E-state index in [1.165, 1.54) is 5.56 Å². The van der Waals surface area contributed by atoms with Crippen LogP contribution in [0.3, 0.4) is 0 Å². The summed E-state index contributed by atoms with van der Waals surface area (Å²) in [5.41, 5.74) is 2.91. The number of hydrogen-bond donors (Lipinski definition) is 0. The van der Waals surface area contributed by atoms with Crippen LogP contribution in [0, 0.1) is 0 Å². The van der Waals surface area contributed by atoms with Gasteiger partial charge in [0.25, 0.3) is 5.91 Å². The maximum Gasteiger partial charge on any atom is 0.258 e. The molecule has 1 aliphatic rings. The van der Waals surface area contributed by atoms with Gasteiger partial charge < -0.3 is 14.5 Å². The Morgan fingerprint density at radius 2 is 1.83 bits per heavy atom. The van der Waals surface area contributed by atoms with Crippen molar-refractivity contribution in [3.8, 4) is 5.75 Å². The molecule has 0 aromatic heterocycles. The molecule has 0 fully saturated rings. The molecule has 1 heterocycles. The molecular weight excluding hydrogens is 288 g/mol. The van der Waals surface area contributed by atoms with Crippen LogP contribution in [0.25, 0.3) is 0 Å². The fraction of sp³-hybridized carbons (Fsp3) is 0.316. The van der Waals surface area contributed by atoms with Crippen LogP contribution < -0.4 is 9.64 Å². The number of fused-ring (bicyclic) bond motifs is 1. The predicted molar refractivity (Wildman–Crippen MR) is 92.2 cm³/mol. The number of hydrogen-bond acceptors (Lipinski definition) is 3. The van der Waals surface area contributed by atoms with Gasteiger partial charge in [-0.2, -0.15) is 0 Å². The lowest BCUT2D eigenvalue weighted by atomic mass is 9.95. The van der Waals surface area contributed by atoms with E-state index in [2.05, 4.69) is 25.1 Å². The molecule has 4 nitrogen and oxygen atoms in total. The van der Waals surface area contributed by atoms with Gasteiger partial charge in [-0.25, -0.2) is 0 Å². The molecule has 0 N–H and O–H groups in total. The van der Waals surface area contributed by atoms with Crippen LogP contribution in [0.4, 0.5) is 5.69 Å². The number of carbonyl (C=O) groups is 1. The first-order chi connectivity index (χ1) is 11.1. The Hall–Kier alpha value is -2.33. The molecule has 1 atom stereocenters. The molecule has 0 saturated heterocycles. The summed E-state index contributed by atoms with van der Waals surface area (Å²) in [6.45, 7) is 0.727. The van der Waals surface area contributed by atoms with E-state index in [1.807, 2.05) is 47.4 Å². The van der Waals surface area contributed by atoms with Gasteiger partial charge in [0, 0.05) is 23.8 Å². The first-order valence-electron chi connectivity index (χ1n) is 7.83. The molecule has 2 aromatic carbocycles. The van der Waals surface area contributed by atoms with E-state index in [1.54, 1.807) is 7.11 Å². The summed E-state index contributed by atoms with van der Waals surface area (Å²) < 4.78 is 5.16. The number of anilines is 1. The van der Waals surface area contributed by atoms with Crippen LogP contribution in [0.5, 0.6) is 5.75 Å². The third-order valence-electron chi connectivity index (χ3n) is 4.42. The van der Waals surface area contributed by atoms with E-state index < -0.39 is 0 Å². The minimum Gasteiger partial charge on any atom is -0.497 e. The van der Waals surface area contributed by atoms with Crippen molar-refractivity contribution in [2.75, 3.05) is 32.6 Å². The zero-order chi connectivity index (χ0) is 16.4. The van der Waals surface area contributed by atoms with E-state index >= 15 is 0 Å². The van der Waals surface area contributed by atoms with Crippen LogP contribution in [0.15, 0.2) is 48.5 Å². The zero-order valence-corrected chi connectivity index (χ0v) is 13.8. The van der Waals surface area contributed by atoms with Gasteiger partial charge in [0.2, 0.25) is 0 Å².